The maximum atomic E-state index is 7.28. The first-order chi connectivity index (χ1) is 20.5. The zero-order chi connectivity index (χ0) is 29.0. The summed E-state index contributed by atoms with van der Waals surface area (Å²) in [7, 11) is -2.64. The Kier molecular flexibility index (Phi) is 7.88. The van der Waals surface area contributed by atoms with E-state index in [9.17, 15) is 0 Å². The normalized spacial score (nSPS) is 12.0. The van der Waals surface area contributed by atoms with E-state index in [1.54, 1.807) is 0 Å². The maximum absolute atomic E-state index is 7.28. The fourth-order valence-electron chi connectivity index (χ4n) is 6.29. The average Bonchev–Trinajstić information content (AvgIpc) is 3.04. The van der Waals surface area contributed by atoms with Crippen molar-refractivity contribution in [2.24, 2.45) is 0 Å². The van der Waals surface area contributed by atoms with E-state index in [0.29, 0.717) is 6.61 Å². The van der Waals surface area contributed by atoms with Gasteiger partial charge in [-0.2, -0.15) is 0 Å². The summed E-state index contributed by atoms with van der Waals surface area (Å²) in [6.45, 7) is 7.57. The van der Waals surface area contributed by atoms with Gasteiger partial charge in [0.05, 0.1) is 11.4 Å². The van der Waals surface area contributed by atoms with Crippen molar-refractivity contribution >= 4 is 29.5 Å². The number of rotatable bonds is 8. The fourth-order valence-corrected chi connectivity index (χ4v) is 10.9. The molecule has 1 aromatic heterocycles. The molecule has 3 heteroatoms. The van der Waals surface area contributed by atoms with Crippen LogP contribution in [-0.4, -0.2) is 19.9 Å². The minimum atomic E-state index is -2.64. The number of aromatic nitrogens is 1. The number of nitrogens with zero attached hydrogens (tertiary/aromatic N) is 1. The highest BCUT2D eigenvalue weighted by atomic mass is 28.4. The second kappa shape index (κ2) is 11.9. The molecule has 1 heterocycles. The first-order valence-electron chi connectivity index (χ1n) is 14.8. The molecule has 0 bridgehead atoms. The molecule has 0 N–H and O–H groups in total. The van der Waals surface area contributed by atoms with Gasteiger partial charge >= 0.3 is 0 Å². The third-order valence-corrected chi connectivity index (χ3v) is 13.2. The predicted molar refractivity (Wildman–Crippen MR) is 180 cm³/mol. The summed E-state index contributed by atoms with van der Waals surface area (Å²) in [5.41, 5.74) is 5.56. The van der Waals surface area contributed by atoms with E-state index in [1.165, 1.54) is 32.3 Å². The van der Waals surface area contributed by atoms with E-state index in [-0.39, 0.29) is 5.04 Å². The molecule has 0 radical (unpaired) electrons. The lowest BCUT2D eigenvalue weighted by atomic mass is 9.92. The van der Waals surface area contributed by atoms with Crippen LogP contribution in [0, 0.1) is 0 Å². The molecule has 0 fully saturated rings. The number of hydrogen-bond acceptors (Lipinski definition) is 2. The van der Waals surface area contributed by atoms with E-state index in [0.717, 1.165) is 23.4 Å². The van der Waals surface area contributed by atoms with Gasteiger partial charge < -0.3 is 4.43 Å². The Hall–Kier alpha value is -4.31. The van der Waals surface area contributed by atoms with Crippen molar-refractivity contribution in [3.63, 3.8) is 0 Å². The summed E-state index contributed by atoms with van der Waals surface area (Å²) in [4.78, 5) is 5.41. The quantitative estimate of drug-likeness (QED) is 0.173. The molecule has 0 atom stereocenters. The zero-order valence-electron chi connectivity index (χ0n) is 24.6. The Morgan fingerprint density at radius 3 is 1.52 bits per heavy atom. The third kappa shape index (κ3) is 5.22. The highest BCUT2D eigenvalue weighted by molar-refractivity contribution is 6.99. The second-order valence-corrected chi connectivity index (χ2v) is 16.1. The molecule has 0 saturated carbocycles. The lowest BCUT2D eigenvalue weighted by Gasteiger charge is -2.43. The van der Waals surface area contributed by atoms with Crippen LogP contribution in [0.25, 0.3) is 33.2 Å². The van der Waals surface area contributed by atoms with Crippen molar-refractivity contribution in [3.05, 3.63) is 151 Å². The molecule has 0 amide bonds. The number of fused-ring (bicyclic) bond motifs is 1. The Balaban J connectivity index is 1.46. The summed E-state index contributed by atoms with van der Waals surface area (Å²) < 4.78 is 7.28. The highest BCUT2D eigenvalue weighted by Gasteiger charge is 2.50. The first kappa shape index (κ1) is 27.8. The van der Waals surface area contributed by atoms with Gasteiger partial charge in [0.25, 0.3) is 8.32 Å². The highest BCUT2D eigenvalue weighted by Crippen LogP contribution is 2.39. The van der Waals surface area contributed by atoms with Crippen LogP contribution >= 0.6 is 0 Å². The van der Waals surface area contributed by atoms with Gasteiger partial charge in [0.15, 0.2) is 0 Å². The standard InChI is InChI=1S/C39H37NOSi/c1-39(2,3)42(32-22-12-6-13-23-32,33-24-14-7-15-25-33)41-29-28-36-34-26-16-17-27-35(34)37(30-18-8-4-9-19-30)38(40-36)31-20-10-5-11-21-31/h4-27H,28-29H2,1-3H3. The molecule has 208 valence electrons. The van der Waals surface area contributed by atoms with Crippen LogP contribution in [0.4, 0.5) is 0 Å². The summed E-state index contributed by atoms with van der Waals surface area (Å²) in [6.07, 6.45) is 0.722. The van der Waals surface area contributed by atoms with E-state index >= 15 is 0 Å². The van der Waals surface area contributed by atoms with Gasteiger partial charge in [0.1, 0.15) is 0 Å². The second-order valence-electron chi connectivity index (χ2n) is 11.8. The first-order valence-corrected chi connectivity index (χ1v) is 16.7. The molecule has 6 aromatic rings. The molecule has 0 spiro atoms. The van der Waals surface area contributed by atoms with Crippen molar-refractivity contribution in [3.8, 4) is 22.4 Å². The van der Waals surface area contributed by atoms with E-state index < -0.39 is 8.32 Å². The summed E-state index contributed by atoms with van der Waals surface area (Å²) in [5, 5.41) is 4.93. The summed E-state index contributed by atoms with van der Waals surface area (Å²) in [6, 6.07) is 51.6. The SMILES string of the molecule is CC(C)(C)[Si](OCCc1nc(-c2ccccc2)c(-c2ccccc2)c2ccccc12)(c1ccccc1)c1ccccc1. The van der Waals surface area contributed by atoms with Gasteiger partial charge in [0.2, 0.25) is 0 Å². The number of hydrogen-bond donors (Lipinski definition) is 0. The molecular formula is C39H37NOSi. The van der Waals surface area contributed by atoms with Gasteiger partial charge in [-0.3, -0.25) is 4.98 Å². The summed E-state index contributed by atoms with van der Waals surface area (Å²) >= 11 is 0. The van der Waals surface area contributed by atoms with Crippen LogP contribution in [0.1, 0.15) is 26.5 Å². The van der Waals surface area contributed by atoms with Crippen LogP contribution < -0.4 is 10.4 Å². The molecule has 6 rings (SSSR count). The number of pyridine rings is 1. The smallest absolute Gasteiger partial charge is 0.261 e. The van der Waals surface area contributed by atoms with E-state index in [1.807, 2.05) is 0 Å². The van der Waals surface area contributed by atoms with Gasteiger partial charge in [-0.05, 0) is 26.4 Å². The van der Waals surface area contributed by atoms with Gasteiger partial charge in [0, 0.05) is 29.5 Å². The van der Waals surface area contributed by atoms with Crippen LogP contribution in [0.2, 0.25) is 5.04 Å². The zero-order valence-corrected chi connectivity index (χ0v) is 25.6. The van der Waals surface area contributed by atoms with Crippen molar-refractivity contribution < 1.29 is 4.43 Å². The average molecular weight is 564 g/mol. The molecule has 0 aliphatic rings. The van der Waals surface area contributed by atoms with Crippen LogP contribution in [0.3, 0.4) is 0 Å². The summed E-state index contributed by atoms with van der Waals surface area (Å²) in [5.74, 6) is 0. The largest absolute Gasteiger partial charge is 0.407 e. The molecule has 0 aliphatic carbocycles. The molecule has 2 nitrogen and oxygen atoms in total. The molecule has 0 unspecified atom stereocenters. The Morgan fingerprint density at radius 1 is 0.548 bits per heavy atom. The van der Waals surface area contributed by atoms with Crippen molar-refractivity contribution in [1.82, 2.24) is 4.98 Å². The van der Waals surface area contributed by atoms with Gasteiger partial charge in [-0.25, -0.2) is 0 Å². The van der Waals surface area contributed by atoms with Crippen LogP contribution in [0.15, 0.2) is 146 Å². The lowest BCUT2D eigenvalue weighted by Crippen LogP contribution is -2.66. The Labute approximate surface area is 250 Å². The van der Waals surface area contributed by atoms with Crippen LogP contribution in [-0.2, 0) is 10.8 Å². The molecule has 42 heavy (non-hydrogen) atoms. The number of benzene rings is 5. The fraction of sp³-hybridized carbons (Fsp3) is 0.154. The monoisotopic (exact) mass is 563 g/mol. The molecule has 5 aromatic carbocycles. The maximum Gasteiger partial charge on any atom is 0.261 e. The van der Waals surface area contributed by atoms with Crippen molar-refractivity contribution in [1.29, 1.82) is 0 Å². The third-order valence-electron chi connectivity index (χ3n) is 8.17. The topological polar surface area (TPSA) is 22.1 Å². The molecular weight excluding hydrogens is 527 g/mol. The molecule has 0 saturated heterocycles. The van der Waals surface area contributed by atoms with Gasteiger partial charge in [-0.1, -0.05) is 166 Å². The minimum Gasteiger partial charge on any atom is -0.407 e. The predicted octanol–water partition coefficient (Wildman–Crippen LogP) is 8.69. The lowest BCUT2D eigenvalue weighted by molar-refractivity contribution is 0.301. The Morgan fingerprint density at radius 2 is 1.00 bits per heavy atom. The van der Waals surface area contributed by atoms with Gasteiger partial charge in [-0.15, -0.1) is 0 Å². The molecule has 0 aliphatic heterocycles. The minimum absolute atomic E-state index is 0.0719. The van der Waals surface area contributed by atoms with Crippen molar-refractivity contribution in [2.75, 3.05) is 6.61 Å². The van der Waals surface area contributed by atoms with Crippen LogP contribution in [0.5, 0.6) is 0 Å². The van der Waals surface area contributed by atoms with E-state index in [4.69, 9.17) is 9.41 Å². The van der Waals surface area contributed by atoms with Crippen molar-refractivity contribution in [2.45, 2.75) is 32.2 Å². The Bertz CT molecular complexity index is 1720. The van der Waals surface area contributed by atoms with E-state index in [2.05, 4.69) is 166 Å².